The van der Waals surface area contributed by atoms with Gasteiger partial charge in [0.25, 0.3) is 0 Å². The van der Waals surface area contributed by atoms with Crippen molar-refractivity contribution in [3.05, 3.63) is 78.6 Å². The molecule has 0 bridgehead atoms. The maximum absolute atomic E-state index is 12.9. The summed E-state index contributed by atoms with van der Waals surface area (Å²) in [7, 11) is 0. The zero-order valence-corrected chi connectivity index (χ0v) is 12.6. The molecule has 0 unspecified atom stereocenters. The molecule has 0 spiro atoms. The summed E-state index contributed by atoms with van der Waals surface area (Å²) in [5.74, 6) is 5.74. The van der Waals surface area contributed by atoms with Gasteiger partial charge in [0.15, 0.2) is 0 Å². The lowest BCUT2D eigenvalue weighted by Crippen LogP contribution is -2.29. The predicted molar refractivity (Wildman–Crippen MR) is 87.6 cm³/mol. The molecule has 0 saturated carbocycles. The molecular weight excluding hydrogens is 303 g/mol. The molecule has 22 heavy (non-hydrogen) atoms. The average Bonchev–Trinajstić information content (AvgIpc) is 3.03. The van der Waals surface area contributed by atoms with Crippen LogP contribution in [0.1, 0.15) is 5.56 Å². The Hall–Kier alpha value is -2.37. The molecule has 0 radical (unpaired) electrons. The van der Waals surface area contributed by atoms with Gasteiger partial charge in [0.05, 0.1) is 18.6 Å². The van der Waals surface area contributed by atoms with Crippen LogP contribution in [0, 0.1) is 5.82 Å². The molecule has 114 valence electrons. The van der Waals surface area contributed by atoms with Crippen LogP contribution in [-0.4, -0.2) is 9.55 Å². The van der Waals surface area contributed by atoms with E-state index in [1.807, 2.05) is 35.0 Å². The summed E-state index contributed by atoms with van der Waals surface area (Å²) in [4.78, 5) is 4.02. The standard InChI is InChI=1S/C16H15FN4.ClH/c17-14-3-7-16(8-4-14)21(18)11-13-1-5-15(6-2-13)20-10-9-19-12-20;/h1-10,12H,11,18H2;1H. The van der Waals surface area contributed by atoms with Crippen LogP contribution in [0.15, 0.2) is 67.3 Å². The third-order valence-corrected chi connectivity index (χ3v) is 3.25. The molecule has 0 aliphatic carbocycles. The van der Waals surface area contributed by atoms with Crippen LogP contribution in [-0.2, 0) is 6.54 Å². The zero-order valence-electron chi connectivity index (χ0n) is 11.8. The number of hydrazine groups is 1. The van der Waals surface area contributed by atoms with Gasteiger partial charge in [-0.3, -0.25) is 0 Å². The normalized spacial score (nSPS) is 10.1. The second-order valence-corrected chi connectivity index (χ2v) is 4.74. The minimum absolute atomic E-state index is 0. The maximum Gasteiger partial charge on any atom is 0.123 e. The first-order valence-corrected chi connectivity index (χ1v) is 6.57. The lowest BCUT2D eigenvalue weighted by atomic mass is 10.2. The van der Waals surface area contributed by atoms with Gasteiger partial charge in [-0.25, -0.2) is 15.2 Å². The Labute approximate surface area is 134 Å². The highest BCUT2D eigenvalue weighted by Crippen LogP contribution is 2.16. The Morgan fingerprint density at radius 3 is 2.32 bits per heavy atom. The summed E-state index contributed by atoms with van der Waals surface area (Å²) in [5, 5.41) is 1.59. The molecule has 0 saturated heterocycles. The van der Waals surface area contributed by atoms with Crippen LogP contribution in [0.3, 0.4) is 0 Å². The minimum Gasteiger partial charge on any atom is -0.307 e. The summed E-state index contributed by atoms with van der Waals surface area (Å²) in [6.45, 7) is 0.551. The molecule has 0 aliphatic rings. The van der Waals surface area contributed by atoms with E-state index < -0.39 is 0 Å². The number of hydrogen-bond donors (Lipinski definition) is 1. The van der Waals surface area contributed by atoms with E-state index in [-0.39, 0.29) is 18.2 Å². The largest absolute Gasteiger partial charge is 0.307 e. The van der Waals surface area contributed by atoms with Gasteiger partial charge in [0.2, 0.25) is 0 Å². The molecule has 4 nitrogen and oxygen atoms in total. The Bertz CT molecular complexity index is 696. The summed E-state index contributed by atoms with van der Waals surface area (Å²) >= 11 is 0. The van der Waals surface area contributed by atoms with E-state index in [9.17, 15) is 4.39 Å². The molecule has 2 aromatic carbocycles. The molecule has 3 aromatic rings. The van der Waals surface area contributed by atoms with Crippen molar-refractivity contribution in [2.45, 2.75) is 6.54 Å². The first-order valence-electron chi connectivity index (χ1n) is 6.57. The molecule has 6 heteroatoms. The predicted octanol–water partition coefficient (Wildman–Crippen LogP) is 3.31. The Kier molecular flexibility index (Phi) is 5.14. The van der Waals surface area contributed by atoms with E-state index in [0.29, 0.717) is 6.54 Å². The van der Waals surface area contributed by atoms with Crippen LogP contribution >= 0.6 is 12.4 Å². The third kappa shape index (κ3) is 3.63. The number of nitrogens with zero attached hydrogens (tertiary/aromatic N) is 3. The molecule has 0 fully saturated rings. The molecule has 1 aromatic heterocycles. The van der Waals surface area contributed by atoms with Gasteiger partial charge in [0, 0.05) is 18.1 Å². The van der Waals surface area contributed by atoms with Crippen molar-refractivity contribution >= 4 is 18.1 Å². The summed E-state index contributed by atoms with van der Waals surface area (Å²) < 4.78 is 14.8. The third-order valence-electron chi connectivity index (χ3n) is 3.25. The van der Waals surface area contributed by atoms with Gasteiger partial charge in [-0.1, -0.05) is 12.1 Å². The van der Waals surface area contributed by atoms with Crippen molar-refractivity contribution in [2.75, 3.05) is 5.01 Å². The van der Waals surface area contributed by atoms with Crippen LogP contribution in [0.2, 0.25) is 0 Å². The van der Waals surface area contributed by atoms with Gasteiger partial charge in [-0.15, -0.1) is 12.4 Å². The molecule has 1 heterocycles. The second kappa shape index (κ2) is 7.06. The van der Waals surface area contributed by atoms with Crippen LogP contribution in [0.4, 0.5) is 10.1 Å². The van der Waals surface area contributed by atoms with Gasteiger partial charge >= 0.3 is 0 Å². The maximum atomic E-state index is 12.9. The van der Waals surface area contributed by atoms with Crippen LogP contribution in [0.25, 0.3) is 5.69 Å². The quantitative estimate of drug-likeness (QED) is 0.593. The Morgan fingerprint density at radius 1 is 1.05 bits per heavy atom. The highest BCUT2D eigenvalue weighted by Gasteiger charge is 2.04. The van der Waals surface area contributed by atoms with E-state index in [4.69, 9.17) is 5.84 Å². The number of hydrogen-bond acceptors (Lipinski definition) is 3. The fourth-order valence-corrected chi connectivity index (χ4v) is 2.11. The van der Waals surface area contributed by atoms with Crippen molar-refractivity contribution in [3.63, 3.8) is 0 Å². The first-order chi connectivity index (χ1) is 10.2. The number of anilines is 1. The van der Waals surface area contributed by atoms with Crippen LogP contribution in [0.5, 0.6) is 0 Å². The second-order valence-electron chi connectivity index (χ2n) is 4.74. The Morgan fingerprint density at radius 2 is 1.73 bits per heavy atom. The first kappa shape index (κ1) is 16.0. The van der Waals surface area contributed by atoms with Crippen molar-refractivity contribution in [2.24, 2.45) is 5.84 Å². The van der Waals surface area contributed by atoms with E-state index in [1.54, 1.807) is 29.7 Å². The summed E-state index contributed by atoms with van der Waals surface area (Å²) in [6, 6.07) is 14.2. The smallest absolute Gasteiger partial charge is 0.123 e. The molecular formula is C16H16ClFN4. The number of nitrogens with two attached hydrogens (primary N) is 1. The Balaban J connectivity index is 0.00000176. The SMILES string of the molecule is Cl.NN(Cc1ccc(-n2ccnc2)cc1)c1ccc(F)cc1. The number of aromatic nitrogens is 2. The molecule has 3 rings (SSSR count). The van der Waals surface area contributed by atoms with Crippen molar-refractivity contribution in [3.8, 4) is 5.69 Å². The van der Waals surface area contributed by atoms with Crippen molar-refractivity contribution < 1.29 is 4.39 Å². The molecule has 2 N–H and O–H groups in total. The number of rotatable bonds is 4. The monoisotopic (exact) mass is 318 g/mol. The van der Waals surface area contributed by atoms with E-state index >= 15 is 0 Å². The van der Waals surface area contributed by atoms with Crippen molar-refractivity contribution in [1.82, 2.24) is 9.55 Å². The molecule has 0 aliphatic heterocycles. The topological polar surface area (TPSA) is 47.1 Å². The zero-order chi connectivity index (χ0) is 14.7. The molecule has 0 amide bonds. The fraction of sp³-hybridized carbons (Fsp3) is 0.0625. The summed E-state index contributed by atoms with van der Waals surface area (Å²) in [6.07, 6.45) is 5.38. The average molecular weight is 319 g/mol. The highest BCUT2D eigenvalue weighted by molar-refractivity contribution is 5.85. The van der Waals surface area contributed by atoms with Crippen LogP contribution < -0.4 is 10.9 Å². The van der Waals surface area contributed by atoms with Crippen molar-refractivity contribution in [1.29, 1.82) is 0 Å². The number of halogens is 2. The highest BCUT2D eigenvalue weighted by atomic mass is 35.5. The van der Waals surface area contributed by atoms with E-state index in [2.05, 4.69) is 4.98 Å². The fourth-order valence-electron chi connectivity index (χ4n) is 2.11. The van der Waals surface area contributed by atoms with E-state index in [1.165, 1.54) is 12.1 Å². The van der Waals surface area contributed by atoms with Gasteiger partial charge in [-0.2, -0.15) is 0 Å². The van der Waals surface area contributed by atoms with Gasteiger partial charge in [-0.05, 0) is 42.0 Å². The lowest BCUT2D eigenvalue weighted by Gasteiger charge is -2.19. The lowest BCUT2D eigenvalue weighted by molar-refractivity contribution is 0.627. The van der Waals surface area contributed by atoms with E-state index in [0.717, 1.165) is 16.9 Å². The van der Waals surface area contributed by atoms with Gasteiger partial charge in [0.1, 0.15) is 5.82 Å². The summed E-state index contributed by atoms with van der Waals surface area (Å²) in [5.41, 5.74) is 2.89. The minimum atomic E-state index is -0.267. The number of imidazole rings is 1. The molecule has 0 atom stereocenters. The number of benzene rings is 2. The van der Waals surface area contributed by atoms with Gasteiger partial charge < -0.3 is 9.58 Å².